The van der Waals surface area contributed by atoms with Crippen LogP contribution in [-0.2, 0) is 24.2 Å². The van der Waals surface area contributed by atoms with Crippen molar-refractivity contribution in [3.05, 3.63) is 59.7 Å². The highest BCUT2D eigenvalue weighted by atomic mass is 32.2. The lowest BCUT2D eigenvalue weighted by molar-refractivity contribution is -0.152. The van der Waals surface area contributed by atoms with Crippen LogP contribution in [0.4, 0.5) is 5.69 Å². The molecule has 1 amide bonds. The van der Waals surface area contributed by atoms with Crippen LogP contribution < -0.4 is 5.32 Å². The first-order chi connectivity index (χ1) is 13.2. The fourth-order valence-corrected chi connectivity index (χ4v) is 3.48. The van der Waals surface area contributed by atoms with E-state index < -0.39 is 33.6 Å². The smallest absolute Gasteiger partial charge is 0.307 e. The van der Waals surface area contributed by atoms with E-state index in [0.717, 1.165) is 5.56 Å². The van der Waals surface area contributed by atoms with Gasteiger partial charge in [-0.1, -0.05) is 17.7 Å². The van der Waals surface area contributed by atoms with Gasteiger partial charge in [0.2, 0.25) is 0 Å². The van der Waals surface area contributed by atoms with Crippen molar-refractivity contribution in [2.45, 2.75) is 31.3 Å². The molecule has 2 aromatic rings. The molecule has 7 nitrogen and oxygen atoms in total. The molecule has 0 fully saturated rings. The second kappa shape index (κ2) is 9.15. The van der Waals surface area contributed by atoms with Gasteiger partial charge in [-0.3, -0.25) is 9.59 Å². The van der Waals surface area contributed by atoms with Gasteiger partial charge in [0, 0.05) is 5.69 Å². The normalized spacial score (nSPS) is 11.9. The molecule has 0 aliphatic rings. The number of nitrogens with zero attached hydrogens (tertiary/aromatic N) is 1. The minimum Gasteiger partial charge on any atom is -0.453 e. The molecular weight excluding hydrogens is 380 g/mol. The fourth-order valence-electron chi connectivity index (χ4n) is 2.26. The maximum atomic E-state index is 12.3. The number of carbonyl (C=O) groups excluding carboxylic acids is 2. The predicted octanol–water partition coefficient (Wildman–Crippen LogP) is 2.60. The lowest BCUT2D eigenvalue weighted by Crippen LogP contribution is -2.30. The Labute approximate surface area is 163 Å². The molecule has 2 rings (SSSR count). The summed E-state index contributed by atoms with van der Waals surface area (Å²) in [7, 11) is -3.61. The second-order valence-corrected chi connectivity index (χ2v) is 8.30. The Morgan fingerprint density at radius 1 is 1.11 bits per heavy atom. The maximum Gasteiger partial charge on any atom is 0.307 e. The van der Waals surface area contributed by atoms with E-state index in [-0.39, 0.29) is 11.3 Å². The van der Waals surface area contributed by atoms with Crippen LogP contribution in [0.3, 0.4) is 0 Å². The zero-order chi connectivity index (χ0) is 20.7. The molecule has 0 spiro atoms. The zero-order valence-corrected chi connectivity index (χ0v) is 16.3. The molecule has 0 radical (unpaired) electrons. The Kier molecular flexibility index (Phi) is 6.90. The Bertz CT molecular complexity index is 990. The zero-order valence-electron chi connectivity index (χ0n) is 15.5. The third-order valence-corrected chi connectivity index (χ3v) is 5.65. The summed E-state index contributed by atoms with van der Waals surface area (Å²) in [6.45, 7) is 3.24. The molecule has 0 saturated heterocycles. The van der Waals surface area contributed by atoms with Crippen LogP contribution in [0.25, 0.3) is 0 Å². The number of rotatable bonds is 7. The molecule has 1 atom stereocenters. The van der Waals surface area contributed by atoms with Crippen LogP contribution in [-0.4, -0.2) is 32.2 Å². The number of aryl methyl sites for hydroxylation is 1. The lowest BCUT2D eigenvalue weighted by atomic mass is 10.2. The number of hydrogen-bond acceptors (Lipinski definition) is 6. The summed E-state index contributed by atoms with van der Waals surface area (Å²) in [5.74, 6) is -1.74. The van der Waals surface area contributed by atoms with E-state index in [2.05, 4.69) is 5.32 Å². The molecule has 8 heteroatoms. The van der Waals surface area contributed by atoms with E-state index >= 15 is 0 Å². The number of amides is 1. The Hall–Kier alpha value is -3.18. The van der Waals surface area contributed by atoms with E-state index in [1.165, 1.54) is 19.1 Å². The van der Waals surface area contributed by atoms with Crippen molar-refractivity contribution in [2.75, 3.05) is 11.1 Å². The molecule has 0 aliphatic heterocycles. The first-order valence-corrected chi connectivity index (χ1v) is 10.2. The van der Waals surface area contributed by atoms with Gasteiger partial charge in [0.1, 0.15) is 0 Å². The van der Waals surface area contributed by atoms with Crippen LogP contribution in [0.5, 0.6) is 0 Å². The maximum absolute atomic E-state index is 12.3. The largest absolute Gasteiger partial charge is 0.453 e. The molecule has 2 aromatic carbocycles. The monoisotopic (exact) mass is 400 g/mol. The van der Waals surface area contributed by atoms with E-state index in [9.17, 15) is 18.0 Å². The number of anilines is 1. The van der Waals surface area contributed by atoms with Gasteiger partial charge in [-0.15, -0.1) is 0 Å². The molecule has 0 aromatic heterocycles. The quantitative estimate of drug-likeness (QED) is 0.715. The van der Waals surface area contributed by atoms with Crippen molar-refractivity contribution in [3.63, 3.8) is 0 Å². The average Bonchev–Trinajstić information content (AvgIpc) is 2.67. The van der Waals surface area contributed by atoms with Gasteiger partial charge in [-0.05, 0) is 50.2 Å². The van der Waals surface area contributed by atoms with E-state index in [0.29, 0.717) is 11.3 Å². The van der Waals surface area contributed by atoms with Crippen LogP contribution in [0.1, 0.15) is 24.5 Å². The minimum atomic E-state index is -3.61. The summed E-state index contributed by atoms with van der Waals surface area (Å²) >= 11 is 0. The molecule has 1 N–H and O–H groups in total. The van der Waals surface area contributed by atoms with Crippen molar-refractivity contribution in [2.24, 2.45) is 0 Å². The summed E-state index contributed by atoms with van der Waals surface area (Å²) < 4.78 is 29.5. The van der Waals surface area contributed by atoms with E-state index in [1.54, 1.807) is 36.4 Å². The van der Waals surface area contributed by atoms with Gasteiger partial charge in [-0.25, -0.2) is 8.42 Å². The number of sulfone groups is 1. The van der Waals surface area contributed by atoms with E-state index in [1.807, 2.05) is 13.0 Å². The highest BCUT2D eigenvalue weighted by Crippen LogP contribution is 2.14. The summed E-state index contributed by atoms with van der Waals surface area (Å²) in [5.41, 5.74) is 1.83. The molecule has 0 unspecified atom stereocenters. The third kappa shape index (κ3) is 5.93. The lowest BCUT2D eigenvalue weighted by Gasteiger charge is -2.13. The van der Waals surface area contributed by atoms with Crippen LogP contribution in [0.15, 0.2) is 53.4 Å². The molecule has 0 aliphatic carbocycles. The summed E-state index contributed by atoms with van der Waals surface area (Å²) in [6, 6.07) is 14.5. The van der Waals surface area contributed by atoms with Crippen molar-refractivity contribution in [1.29, 1.82) is 5.26 Å². The third-order valence-electron chi connectivity index (χ3n) is 3.91. The van der Waals surface area contributed by atoms with Gasteiger partial charge in [-0.2, -0.15) is 5.26 Å². The highest BCUT2D eigenvalue weighted by molar-refractivity contribution is 7.91. The van der Waals surface area contributed by atoms with Crippen molar-refractivity contribution in [1.82, 2.24) is 0 Å². The van der Waals surface area contributed by atoms with Crippen molar-refractivity contribution in [3.8, 4) is 6.07 Å². The van der Waals surface area contributed by atoms with Gasteiger partial charge >= 0.3 is 5.97 Å². The molecule has 28 heavy (non-hydrogen) atoms. The van der Waals surface area contributed by atoms with Gasteiger partial charge in [0.15, 0.2) is 15.9 Å². The number of benzene rings is 2. The topological polar surface area (TPSA) is 113 Å². The van der Waals surface area contributed by atoms with E-state index in [4.69, 9.17) is 10.00 Å². The standard InChI is InChI=1S/C20H20N2O5S/c1-14-3-9-18(10-4-14)28(25,26)12-11-19(23)27-15(2)20(24)22-17-7-5-16(13-21)6-8-17/h3-10,15H,11-12H2,1-2H3,(H,22,24)/t15-/m0/s1. The highest BCUT2D eigenvalue weighted by Gasteiger charge is 2.21. The summed E-state index contributed by atoms with van der Waals surface area (Å²) in [5, 5.41) is 11.3. The number of nitriles is 1. The van der Waals surface area contributed by atoms with Gasteiger partial charge < -0.3 is 10.1 Å². The SMILES string of the molecule is Cc1ccc(S(=O)(=O)CCC(=O)O[C@@H](C)C(=O)Nc2ccc(C#N)cc2)cc1. The summed E-state index contributed by atoms with van der Waals surface area (Å²) in [4.78, 5) is 24.1. The number of esters is 1. The first-order valence-electron chi connectivity index (χ1n) is 8.51. The van der Waals surface area contributed by atoms with Gasteiger partial charge in [0.05, 0.1) is 28.7 Å². The van der Waals surface area contributed by atoms with Crippen molar-refractivity contribution < 1.29 is 22.7 Å². The molecule has 0 heterocycles. The number of ether oxygens (including phenoxy) is 1. The average molecular weight is 400 g/mol. The molecule has 0 saturated carbocycles. The molecular formula is C20H20N2O5S. The number of carbonyl (C=O) groups is 2. The predicted molar refractivity (Wildman–Crippen MR) is 103 cm³/mol. The van der Waals surface area contributed by atoms with Crippen LogP contribution in [0.2, 0.25) is 0 Å². The Balaban J connectivity index is 1.86. The van der Waals surface area contributed by atoms with Gasteiger partial charge in [0.25, 0.3) is 5.91 Å². The minimum absolute atomic E-state index is 0.137. The fraction of sp³-hybridized carbons (Fsp3) is 0.250. The second-order valence-electron chi connectivity index (χ2n) is 6.19. The van der Waals surface area contributed by atoms with Crippen LogP contribution in [0, 0.1) is 18.3 Å². The molecule has 0 bridgehead atoms. The van der Waals surface area contributed by atoms with Crippen molar-refractivity contribution >= 4 is 27.4 Å². The Morgan fingerprint density at radius 2 is 1.71 bits per heavy atom. The summed E-state index contributed by atoms with van der Waals surface area (Å²) in [6.07, 6.45) is -1.45. The van der Waals surface area contributed by atoms with Crippen LogP contribution >= 0.6 is 0 Å². The number of hydrogen-bond donors (Lipinski definition) is 1. The molecule has 146 valence electrons. The first kappa shape index (κ1) is 21.1. The number of nitrogens with one attached hydrogen (secondary N) is 1. The Morgan fingerprint density at radius 3 is 2.29 bits per heavy atom.